The Balaban J connectivity index is 0.00000676. The maximum Gasteiger partial charge on any atom is 1.00 e. The van der Waals surface area contributed by atoms with Gasteiger partial charge in [-0.2, -0.15) is 5.26 Å². The molecule has 1 N–H and O–H groups in total. The molecule has 0 fully saturated rings. The van der Waals surface area contributed by atoms with Crippen LogP contribution in [0.4, 0.5) is 5.69 Å². The molecule has 1 aromatic rings. The van der Waals surface area contributed by atoms with E-state index in [0.29, 0.717) is 13.1 Å². The molecular weight excluding hydrogens is 393 g/mol. The summed E-state index contributed by atoms with van der Waals surface area (Å²) in [6.07, 6.45) is 0.956. The summed E-state index contributed by atoms with van der Waals surface area (Å²) in [6, 6.07) is 3.23. The van der Waals surface area contributed by atoms with E-state index in [4.69, 9.17) is 5.26 Å². The SMILES string of the molecule is CCN(CC)C(=O)C(C#N)=Cc1cc(OS(=O)(=O)[O-])c(O)c([N+](=O)[O-])c1.[Na+]. The number of aromatic hydroxyl groups is 1. The topological polar surface area (TPSA) is 174 Å². The van der Waals surface area contributed by atoms with Crippen LogP contribution in [0.1, 0.15) is 19.4 Å². The monoisotopic (exact) mass is 407 g/mol. The summed E-state index contributed by atoms with van der Waals surface area (Å²) >= 11 is 0. The van der Waals surface area contributed by atoms with Crippen LogP contribution in [0.3, 0.4) is 0 Å². The van der Waals surface area contributed by atoms with Crippen molar-refractivity contribution in [3.05, 3.63) is 33.4 Å². The smallest absolute Gasteiger partial charge is 0.716 e. The van der Waals surface area contributed by atoms with Crippen molar-refractivity contribution in [2.75, 3.05) is 13.1 Å². The van der Waals surface area contributed by atoms with E-state index in [2.05, 4.69) is 4.18 Å². The number of nitro benzene ring substituents is 1. The van der Waals surface area contributed by atoms with Gasteiger partial charge < -0.3 is 18.7 Å². The van der Waals surface area contributed by atoms with Gasteiger partial charge in [-0.05, 0) is 31.6 Å². The minimum Gasteiger partial charge on any atom is -0.716 e. The van der Waals surface area contributed by atoms with Crippen molar-refractivity contribution in [2.45, 2.75) is 13.8 Å². The molecule has 0 saturated carbocycles. The second-order valence-electron chi connectivity index (χ2n) is 4.78. The zero-order chi connectivity index (χ0) is 20.1. The molecule has 0 unspecified atom stereocenters. The Hall–Kier alpha value is -2.17. The first-order valence-corrected chi connectivity index (χ1v) is 8.45. The predicted molar refractivity (Wildman–Crippen MR) is 86.6 cm³/mol. The average Bonchev–Trinajstić information content (AvgIpc) is 2.54. The number of phenolic OH excluding ortho intramolecular Hbond substituents is 1. The maximum absolute atomic E-state index is 12.2. The molecule has 0 aliphatic rings. The molecule has 13 heteroatoms. The van der Waals surface area contributed by atoms with E-state index >= 15 is 0 Å². The standard InChI is InChI=1S/C14H15N3O8S.Na/c1-3-16(4-2)14(19)10(8-15)5-9-6-11(17(20)21)13(18)12(7-9)25-26(22,23)24;/h5-7,18H,3-4H2,1-2H3,(H,22,23,24);/q;+1/p-1. The Kier molecular flexibility index (Phi) is 9.42. The third kappa shape index (κ3) is 6.81. The molecule has 0 aliphatic carbocycles. The number of nitriles is 1. The minimum atomic E-state index is -5.32. The van der Waals surface area contributed by atoms with Gasteiger partial charge in [0.15, 0.2) is 5.75 Å². The van der Waals surface area contributed by atoms with E-state index in [0.717, 1.165) is 18.2 Å². The number of benzene rings is 1. The molecule has 0 aliphatic heterocycles. The van der Waals surface area contributed by atoms with Crippen molar-refractivity contribution in [1.82, 2.24) is 4.90 Å². The molecule has 0 bridgehead atoms. The van der Waals surface area contributed by atoms with Gasteiger partial charge in [0.1, 0.15) is 11.6 Å². The Bertz CT molecular complexity index is 904. The summed E-state index contributed by atoms with van der Waals surface area (Å²) in [5.41, 5.74) is -1.54. The van der Waals surface area contributed by atoms with Gasteiger partial charge in [-0.15, -0.1) is 0 Å². The first-order chi connectivity index (χ1) is 12.0. The summed E-state index contributed by atoms with van der Waals surface area (Å²) in [4.78, 5) is 23.5. The number of rotatable bonds is 7. The molecule has 1 amide bonds. The van der Waals surface area contributed by atoms with E-state index < -0.39 is 38.4 Å². The summed E-state index contributed by atoms with van der Waals surface area (Å²) in [7, 11) is -5.32. The third-order valence-corrected chi connectivity index (χ3v) is 3.56. The van der Waals surface area contributed by atoms with Gasteiger partial charge in [0.2, 0.25) is 5.75 Å². The molecule has 1 rings (SSSR count). The summed E-state index contributed by atoms with van der Waals surface area (Å²) in [5, 5.41) is 29.8. The van der Waals surface area contributed by atoms with Crippen molar-refractivity contribution in [1.29, 1.82) is 5.26 Å². The number of phenols is 1. The van der Waals surface area contributed by atoms with Crippen molar-refractivity contribution >= 4 is 28.1 Å². The van der Waals surface area contributed by atoms with E-state index in [-0.39, 0.29) is 40.7 Å². The molecule has 1 aromatic carbocycles. The molecule has 0 atom stereocenters. The zero-order valence-electron chi connectivity index (χ0n) is 14.7. The molecule has 0 saturated heterocycles. The van der Waals surface area contributed by atoms with Crippen LogP contribution in [0.15, 0.2) is 17.7 Å². The van der Waals surface area contributed by atoms with Crippen LogP contribution in [0, 0.1) is 21.4 Å². The Morgan fingerprint density at radius 2 is 1.96 bits per heavy atom. The summed E-state index contributed by atoms with van der Waals surface area (Å²) in [5.74, 6) is -2.82. The molecule has 0 heterocycles. The fourth-order valence-electron chi connectivity index (χ4n) is 2.00. The zero-order valence-corrected chi connectivity index (χ0v) is 17.5. The van der Waals surface area contributed by atoms with Crippen LogP contribution in [0.5, 0.6) is 11.5 Å². The molecule has 11 nitrogen and oxygen atoms in total. The molecule has 140 valence electrons. The number of amides is 1. The normalized spacial score (nSPS) is 11.1. The van der Waals surface area contributed by atoms with E-state index in [9.17, 15) is 33.0 Å². The van der Waals surface area contributed by atoms with Crippen LogP contribution in [0.2, 0.25) is 0 Å². The molecule has 0 aromatic heterocycles. The predicted octanol–water partition coefficient (Wildman–Crippen LogP) is -2.08. The minimum absolute atomic E-state index is 0. The van der Waals surface area contributed by atoms with Gasteiger partial charge in [0, 0.05) is 19.2 Å². The number of nitrogens with zero attached hydrogens (tertiary/aromatic N) is 3. The summed E-state index contributed by atoms with van der Waals surface area (Å²) < 4.78 is 36.1. The van der Waals surface area contributed by atoms with Gasteiger partial charge >= 0.3 is 35.2 Å². The van der Waals surface area contributed by atoms with Crippen LogP contribution < -0.4 is 33.7 Å². The number of carbonyl (C=O) groups excluding carboxylic acids is 1. The number of nitro groups is 1. The van der Waals surface area contributed by atoms with Crippen LogP contribution in [-0.4, -0.2) is 46.9 Å². The van der Waals surface area contributed by atoms with Gasteiger partial charge in [0.05, 0.1) is 4.92 Å². The van der Waals surface area contributed by atoms with E-state index in [1.807, 2.05) is 0 Å². The second-order valence-corrected chi connectivity index (χ2v) is 5.77. The Morgan fingerprint density at radius 3 is 2.37 bits per heavy atom. The number of hydrogen-bond acceptors (Lipinski definition) is 9. The Morgan fingerprint density at radius 1 is 1.41 bits per heavy atom. The van der Waals surface area contributed by atoms with Crippen molar-refractivity contribution in [2.24, 2.45) is 0 Å². The van der Waals surface area contributed by atoms with Crippen LogP contribution in [0.25, 0.3) is 6.08 Å². The molecule has 0 spiro atoms. The van der Waals surface area contributed by atoms with Gasteiger partial charge in [0.25, 0.3) is 16.3 Å². The number of likely N-dealkylation sites (N-methyl/N-ethyl adjacent to an activating group) is 1. The third-order valence-electron chi connectivity index (χ3n) is 3.18. The van der Waals surface area contributed by atoms with Crippen LogP contribution in [-0.2, 0) is 15.2 Å². The number of hydrogen-bond donors (Lipinski definition) is 1. The van der Waals surface area contributed by atoms with Gasteiger partial charge in [-0.25, -0.2) is 8.42 Å². The molecule has 0 radical (unpaired) electrons. The quantitative estimate of drug-likeness (QED) is 0.101. The van der Waals surface area contributed by atoms with Crippen molar-refractivity contribution < 1.29 is 61.5 Å². The number of carbonyl (C=O) groups is 1. The van der Waals surface area contributed by atoms with E-state index in [1.165, 1.54) is 4.90 Å². The van der Waals surface area contributed by atoms with E-state index in [1.54, 1.807) is 19.9 Å². The van der Waals surface area contributed by atoms with Crippen molar-refractivity contribution in [3.8, 4) is 17.6 Å². The molecule has 27 heavy (non-hydrogen) atoms. The van der Waals surface area contributed by atoms with Gasteiger partial charge in [-0.1, -0.05) is 0 Å². The first kappa shape index (κ1) is 24.8. The fraction of sp³-hybridized carbons (Fsp3) is 0.286. The average molecular weight is 407 g/mol. The van der Waals surface area contributed by atoms with Crippen molar-refractivity contribution in [3.63, 3.8) is 0 Å². The largest absolute Gasteiger partial charge is 1.00 e. The maximum atomic E-state index is 12.2. The fourth-order valence-corrected chi connectivity index (χ4v) is 2.35. The first-order valence-electron chi connectivity index (χ1n) is 7.11. The Labute approximate surface area is 177 Å². The second kappa shape index (κ2) is 10.2. The van der Waals surface area contributed by atoms with Gasteiger partial charge in [-0.3, -0.25) is 14.9 Å². The van der Waals surface area contributed by atoms with Crippen LogP contribution >= 0.6 is 0 Å². The summed E-state index contributed by atoms with van der Waals surface area (Å²) in [6.45, 7) is 4.00. The molecular formula is C14H14N3NaO8S.